The van der Waals surface area contributed by atoms with E-state index in [1.807, 2.05) is 24.3 Å². The van der Waals surface area contributed by atoms with Crippen LogP contribution < -0.4 is 15.4 Å². The average Bonchev–Trinajstić information content (AvgIpc) is 2.74. The van der Waals surface area contributed by atoms with Gasteiger partial charge in [-0.2, -0.15) is 0 Å². The van der Waals surface area contributed by atoms with E-state index in [0.29, 0.717) is 30.5 Å². The maximum absolute atomic E-state index is 12.0. The Morgan fingerprint density at radius 2 is 1.67 bits per heavy atom. The van der Waals surface area contributed by atoms with Gasteiger partial charge in [0, 0.05) is 45.4 Å². The van der Waals surface area contributed by atoms with Gasteiger partial charge in [0.15, 0.2) is 5.96 Å². The van der Waals surface area contributed by atoms with Crippen molar-refractivity contribution >= 4 is 35.8 Å². The minimum Gasteiger partial charge on any atom is -0.490 e. The van der Waals surface area contributed by atoms with Gasteiger partial charge in [0.05, 0.1) is 6.10 Å². The van der Waals surface area contributed by atoms with E-state index < -0.39 is 0 Å². The summed E-state index contributed by atoms with van der Waals surface area (Å²) < 4.78 is 6.25. The van der Waals surface area contributed by atoms with Gasteiger partial charge in [0.25, 0.3) is 5.91 Å². The van der Waals surface area contributed by atoms with Crippen LogP contribution in [0.4, 0.5) is 0 Å². The largest absolute Gasteiger partial charge is 0.490 e. The van der Waals surface area contributed by atoms with Crippen LogP contribution in [0.1, 0.15) is 54.2 Å². The minimum absolute atomic E-state index is 0. The second-order valence-corrected chi connectivity index (χ2v) is 8.85. The van der Waals surface area contributed by atoms with Crippen molar-refractivity contribution in [3.05, 3.63) is 64.7 Å². The predicted molar refractivity (Wildman–Crippen MR) is 148 cm³/mol. The van der Waals surface area contributed by atoms with Gasteiger partial charge in [0.2, 0.25) is 0 Å². The fourth-order valence-corrected chi connectivity index (χ4v) is 3.45. The summed E-state index contributed by atoms with van der Waals surface area (Å²) >= 11 is 0. The van der Waals surface area contributed by atoms with E-state index in [2.05, 4.69) is 61.5 Å². The molecule has 2 rings (SSSR count). The Morgan fingerprint density at radius 1 is 1.03 bits per heavy atom. The molecular weight excluding hydrogens is 527 g/mol. The topological polar surface area (TPSA) is 66.0 Å². The van der Waals surface area contributed by atoms with E-state index >= 15 is 0 Å². The molecule has 0 spiro atoms. The van der Waals surface area contributed by atoms with Crippen LogP contribution >= 0.6 is 24.0 Å². The molecule has 0 aliphatic rings. The summed E-state index contributed by atoms with van der Waals surface area (Å²) in [6, 6.07) is 13.9. The Hall–Kier alpha value is -2.29. The lowest BCUT2D eigenvalue weighted by Crippen LogP contribution is -2.36. The zero-order valence-corrected chi connectivity index (χ0v) is 23.3. The molecule has 0 aliphatic heterocycles. The summed E-state index contributed by atoms with van der Waals surface area (Å²) in [6.45, 7) is 9.84. The smallest absolute Gasteiger partial charge is 0.253 e. The van der Waals surface area contributed by atoms with E-state index in [0.717, 1.165) is 23.3 Å². The summed E-state index contributed by atoms with van der Waals surface area (Å²) in [5, 5.41) is 6.70. The minimum atomic E-state index is 0. The van der Waals surface area contributed by atoms with E-state index in [1.54, 1.807) is 26.0 Å². The molecule has 1 atom stereocenters. The van der Waals surface area contributed by atoms with Gasteiger partial charge in [0.1, 0.15) is 5.75 Å². The molecule has 2 N–H and O–H groups in total. The first kappa shape index (κ1) is 28.7. The lowest BCUT2D eigenvalue weighted by atomic mass is 10.1. The van der Waals surface area contributed by atoms with Crippen LogP contribution in [0, 0.1) is 12.8 Å². The van der Waals surface area contributed by atoms with E-state index in [9.17, 15) is 4.79 Å². The zero-order chi connectivity index (χ0) is 23.7. The van der Waals surface area contributed by atoms with E-state index in [4.69, 9.17) is 4.74 Å². The number of guanidine groups is 1. The Kier molecular flexibility index (Phi) is 12.3. The number of benzene rings is 2. The molecule has 0 aliphatic carbocycles. The molecule has 6 nitrogen and oxygen atoms in total. The van der Waals surface area contributed by atoms with Crippen molar-refractivity contribution in [2.45, 2.75) is 53.3 Å². The molecule has 182 valence electrons. The fraction of sp³-hybridized carbons (Fsp3) is 0.462. The Labute approximate surface area is 216 Å². The summed E-state index contributed by atoms with van der Waals surface area (Å²) in [6.07, 6.45) is 1.18. The molecule has 2 aromatic rings. The summed E-state index contributed by atoms with van der Waals surface area (Å²) in [7, 11) is 5.26. The third-order valence-corrected chi connectivity index (χ3v) is 5.09. The van der Waals surface area contributed by atoms with E-state index in [-0.39, 0.29) is 36.0 Å². The normalized spacial score (nSPS) is 12.1. The first-order chi connectivity index (χ1) is 15.2. The number of nitrogens with zero attached hydrogens (tertiary/aromatic N) is 2. The molecule has 1 unspecified atom stereocenters. The lowest BCUT2D eigenvalue weighted by molar-refractivity contribution is 0.0827. The second kappa shape index (κ2) is 14.1. The van der Waals surface area contributed by atoms with Crippen molar-refractivity contribution in [1.82, 2.24) is 15.5 Å². The summed E-state index contributed by atoms with van der Waals surface area (Å²) in [5.41, 5.74) is 4.03. The van der Waals surface area contributed by atoms with Crippen LogP contribution in [-0.2, 0) is 13.1 Å². The van der Waals surface area contributed by atoms with Crippen LogP contribution in [0.25, 0.3) is 0 Å². The number of aliphatic imine (C=N–C) groups is 1. The highest BCUT2D eigenvalue weighted by atomic mass is 127. The first-order valence-corrected chi connectivity index (χ1v) is 11.2. The number of halogens is 1. The Morgan fingerprint density at radius 3 is 2.24 bits per heavy atom. The highest BCUT2D eigenvalue weighted by Crippen LogP contribution is 2.23. The maximum atomic E-state index is 12.0. The van der Waals surface area contributed by atoms with Crippen LogP contribution in [0.3, 0.4) is 0 Å². The highest BCUT2D eigenvalue weighted by Gasteiger charge is 2.12. The number of carbonyl (C=O) groups excluding carboxylic acids is 1. The van der Waals surface area contributed by atoms with Crippen LogP contribution in [0.2, 0.25) is 0 Å². The van der Waals surface area contributed by atoms with Crippen molar-refractivity contribution in [3.63, 3.8) is 0 Å². The standard InChI is InChI=1S/C26H38N4O2.HI/c1-18(2)14-20(4)32-24-15-19(3)8-11-23(24)17-29-26(27-5)28-16-21-9-12-22(13-10-21)25(31)30(6)7;/h8-13,15,18,20H,14,16-17H2,1-7H3,(H2,27,28,29);1H. The Balaban J connectivity index is 0.00000544. The molecule has 0 fully saturated rings. The summed E-state index contributed by atoms with van der Waals surface area (Å²) in [5.74, 6) is 2.22. The van der Waals surface area contributed by atoms with Gasteiger partial charge in [-0.1, -0.05) is 38.1 Å². The zero-order valence-electron chi connectivity index (χ0n) is 20.9. The SMILES string of the molecule is CN=C(NCc1ccc(C(=O)N(C)C)cc1)NCc1ccc(C)cc1OC(C)CC(C)C.I. The van der Waals surface area contributed by atoms with Crippen molar-refractivity contribution in [3.8, 4) is 5.75 Å². The number of hydrogen-bond donors (Lipinski definition) is 2. The third kappa shape index (κ3) is 9.61. The molecule has 0 saturated heterocycles. The number of nitrogens with one attached hydrogen (secondary N) is 2. The monoisotopic (exact) mass is 566 g/mol. The number of rotatable bonds is 9. The second-order valence-electron chi connectivity index (χ2n) is 8.85. The molecular formula is C26H39IN4O2. The van der Waals surface area contributed by atoms with Crippen LogP contribution in [-0.4, -0.2) is 44.0 Å². The van der Waals surface area contributed by atoms with Crippen molar-refractivity contribution in [1.29, 1.82) is 0 Å². The molecule has 0 aromatic heterocycles. The first-order valence-electron chi connectivity index (χ1n) is 11.2. The van der Waals surface area contributed by atoms with Crippen molar-refractivity contribution in [2.24, 2.45) is 10.9 Å². The molecule has 1 amide bonds. The van der Waals surface area contributed by atoms with Crippen LogP contribution in [0.15, 0.2) is 47.5 Å². The number of hydrogen-bond acceptors (Lipinski definition) is 3. The predicted octanol–water partition coefficient (Wildman–Crippen LogP) is 4.99. The number of ether oxygens (including phenoxy) is 1. The number of carbonyl (C=O) groups is 1. The molecule has 0 saturated carbocycles. The molecule has 7 heteroatoms. The van der Waals surface area contributed by atoms with Gasteiger partial charge < -0.3 is 20.3 Å². The van der Waals surface area contributed by atoms with Gasteiger partial charge in [-0.3, -0.25) is 9.79 Å². The highest BCUT2D eigenvalue weighted by molar-refractivity contribution is 14.0. The average molecular weight is 567 g/mol. The fourth-order valence-electron chi connectivity index (χ4n) is 3.45. The number of amides is 1. The van der Waals surface area contributed by atoms with Gasteiger partial charge >= 0.3 is 0 Å². The molecule has 33 heavy (non-hydrogen) atoms. The third-order valence-electron chi connectivity index (χ3n) is 5.09. The lowest BCUT2D eigenvalue weighted by Gasteiger charge is -2.20. The molecule has 0 radical (unpaired) electrons. The maximum Gasteiger partial charge on any atom is 0.253 e. The molecule has 0 heterocycles. The molecule has 2 aromatic carbocycles. The van der Waals surface area contributed by atoms with Gasteiger partial charge in [-0.15, -0.1) is 24.0 Å². The van der Waals surface area contributed by atoms with E-state index in [1.165, 1.54) is 5.56 Å². The quantitative estimate of drug-likeness (QED) is 0.255. The number of aryl methyl sites for hydroxylation is 1. The molecule has 0 bridgehead atoms. The summed E-state index contributed by atoms with van der Waals surface area (Å²) in [4.78, 5) is 17.9. The van der Waals surface area contributed by atoms with Gasteiger partial charge in [-0.05, 0) is 55.5 Å². The van der Waals surface area contributed by atoms with Gasteiger partial charge in [-0.25, -0.2) is 0 Å². The van der Waals surface area contributed by atoms with Crippen molar-refractivity contribution in [2.75, 3.05) is 21.1 Å². The van der Waals surface area contributed by atoms with Crippen LogP contribution in [0.5, 0.6) is 5.75 Å². The van der Waals surface area contributed by atoms with Crippen molar-refractivity contribution < 1.29 is 9.53 Å². The Bertz CT molecular complexity index is 911.